The number of anilines is 1. The van der Waals surface area contributed by atoms with E-state index >= 15 is 0 Å². The van der Waals surface area contributed by atoms with Crippen LogP contribution < -0.4 is 4.90 Å². The van der Waals surface area contributed by atoms with Crippen LogP contribution in [0.4, 0.5) is 5.82 Å². The molecule has 2 fully saturated rings. The molecule has 0 radical (unpaired) electrons. The molecular weight excluding hydrogens is 352 g/mol. The highest BCUT2D eigenvalue weighted by molar-refractivity contribution is 5.76. The zero-order valence-corrected chi connectivity index (χ0v) is 17.6. The van der Waals surface area contributed by atoms with Gasteiger partial charge in [0.05, 0.1) is 24.4 Å². The highest BCUT2D eigenvalue weighted by Crippen LogP contribution is 2.31. The maximum absolute atomic E-state index is 12.9. The number of aryl methyl sites for hydroxylation is 1. The fourth-order valence-corrected chi connectivity index (χ4v) is 5.13. The number of nitrogens with zero attached hydrogens (tertiary/aromatic N) is 4. The Labute approximate surface area is 168 Å². The van der Waals surface area contributed by atoms with Crippen molar-refractivity contribution in [1.82, 2.24) is 14.9 Å². The van der Waals surface area contributed by atoms with E-state index in [1.165, 1.54) is 25.7 Å². The molecule has 1 saturated carbocycles. The van der Waals surface area contributed by atoms with Crippen LogP contribution in [0.3, 0.4) is 0 Å². The summed E-state index contributed by atoms with van der Waals surface area (Å²) in [5.74, 6) is 2.89. The van der Waals surface area contributed by atoms with Crippen molar-refractivity contribution in [2.45, 2.75) is 84.5 Å². The van der Waals surface area contributed by atoms with Crippen LogP contribution >= 0.6 is 0 Å². The first-order valence-electron chi connectivity index (χ1n) is 11.0. The van der Waals surface area contributed by atoms with E-state index in [9.17, 15) is 4.79 Å². The highest BCUT2D eigenvalue weighted by Gasteiger charge is 2.30. The second kappa shape index (κ2) is 8.36. The number of morpholine rings is 1. The molecule has 2 unspecified atom stereocenters. The number of hydrogen-bond donors (Lipinski definition) is 0. The minimum absolute atomic E-state index is 0.183. The summed E-state index contributed by atoms with van der Waals surface area (Å²) in [5.41, 5.74) is 2.27. The summed E-state index contributed by atoms with van der Waals surface area (Å²) in [5, 5.41) is 0. The summed E-state index contributed by atoms with van der Waals surface area (Å²) in [6, 6.07) is 0. The Morgan fingerprint density at radius 1 is 1.14 bits per heavy atom. The normalized spacial score (nSPS) is 25.8. The van der Waals surface area contributed by atoms with Gasteiger partial charge in [0.15, 0.2) is 0 Å². The Hall–Kier alpha value is -1.69. The van der Waals surface area contributed by atoms with Crippen molar-refractivity contribution in [3.8, 4) is 0 Å². The molecule has 3 aliphatic rings. The van der Waals surface area contributed by atoms with Crippen LogP contribution in [0.15, 0.2) is 0 Å². The summed E-state index contributed by atoms with van der Waals surface area (Å²) in [6.45, 7) is 9.29. The van der Waals surface area contributed by atoms with Crippen molar-refractivity contribution < 1.29 is 9.53 Å². The summed E-state index contributed by atoms with van der Waals surface area (Å²) in [6.07, 6.45) is 8.23. The van der Waals surface area contributed by atoms with E-state index < -0.39 is 0 Å². The summed E-state index contributed by atoms with van der Waals surface area (Å²) >= 11 is 0. The van der Waals surface area contributed by atoms with Crippen LogP contribution in [0.1, 0.15) is 69.5 Å². The number of rotatable bonds is 4. The number of carbonyl (C=O) groups excluding carboxylic acids is 1. The lowest BCUT2D eigenvalue weighted by Crippen LogP contribution is -2.47. The molecule has 1 saturated heterocycles. The summed E-state index contributed by atoms with van der Waals surface area (Å²) in [7, 11) is 0. The van der Waals surface area contributed by atoms with Gasteiger partial charge in [-0.3, -0.25) is 4.79 Å². The van der Waals surface area contributed by atoms with Gasteiger partial charge in [-0.15, -0.1) is 0 Å². The van der Waals surface area contributed by atoms with Crippen molar-refractivity contribution in [3.05, 3.63) is 17.1 Å². The predicted molar refractivity (Wildman–Crippen MR) is 109 cm³/mol. The van der Waals surface area contributed by atoms with Gasteiger partial charge < -0.3 is 14.5 Å². The third-order valence-electron chi connectivity index (χ3n) is 6.46. The zero-order valence-electron chi connectivity index (χ0n) is 17.6. The Kier molecular flexibility index (Phi) is 5.85. The first-order chi connectivity index (χ1) is 13.5. The topological polar surface area (TPSA) is 58.6 Å². The van der Waals surface area contributed by atoms with Gasteiger partial charge in [-0.05, 0) is 33.1 Å². The van der Waals surface area contributed by atoms with E-state index in [1.807, 2.05) is 11.8 Å². The van der Waals surface area contributed by atoms with Gasteiger partial charge >= 0.3 is 0 Å². The largest absolute Gasteiger partial charge is 0.372 e. The molecule has 1 amide bonds. The molecule has 28 heavy (non-hydrogen) atoms. The minimum Gasteiger partial charge on any atom is -0.372 e. The third kappa shape index (κ3) is 4.32. The molecule has 0 N–H and O–H groups in total. The molecule has 6 heteroatoms. The van der Waals surface area contributed by atoms with Gasteiger partial charge in [-0.25, -0.2) is 9.97 Å². The molecule has 6 nitrogen and oxygen atoms in total. The van der Waals surface area contributed by atoms with Gasteiger partial charge in [-0.2, -0.15) is 0 Å². The number of fused-ring (bicyclic) bond motifs is 1. The quantitative estimate of drug-likeness (QED) is 0.795. The van der Waals surface area contributed by atoms with Gasteiger partial charge in [0, 0.05) is 38.0 Å². The van der Waals surface area contributed by atoms with Gasteiger partial charge in [0.25, 0.3) is 0 Å². The second-order valence-corrected chi connectivity index (χ2v) is 8.94. The number of ether oxygens (including phenoxy) is 1. The number of aromatic nitrogens is 2. The molecule has 0 aromatic carbocycles. The van der Waals surface area contributed by atoms with Crippen molar-refractivity contribution in [2.75, 3.05) is 24.5 Å². The number of carbonyl (C=O) groups is 1. The molecule has 154 valence electrons. The SMILES string of the molecule is Cc1nc2c(c(N3CC(C)OC(C)C3)n1)CN(C(=O)CCC1CCCC1)CC2. The van der Waals surface area contributed by atoms with Crippen LogP contribution in [0.5, 0.6) is 0 Å². The van der Waals surface area contributed by atoms with Crippen LogP contribution in [-0.2, 0) is 22.5 Å². The average Bonchev–Trinajstić information content (AvgIpc) is 3.18. The first kappa shape index (κ1) is 19.6. The molecule has 2 atom stereocenters. The smallest absolute Gasteiger partial charge is 0.222 e. The Morgan fingerprint density at radius 3 is 2.57 bits per heavy atom. The predicted octanol–water partition coefficient (Wildman–Crippen LogP) is 3.25. The lowest BCUT2D eigenvalue weighted by molar-refractivity contribution is -0.132. The number of hydrogen-bond acceptors (Lipinski definition) is 5. The minimum atomic E-state index is 0.183. The zero-order chi connectivity index (χ0) is 19.7. The van der Waals surface area contributed by atoms with Crippen LogP contribution in [0, 0.1) is 12.8 Å². The third-order valence-corrected chi connectivity index (χ3v) is 6.46. The van der Waals surface area contributed by atoms with Gasteiger partial charge in [0.1, 0.15) is 11.6 Å². The van der Waals surface area contributed by atoms with Gasteiger partial charge in [-0.1, -0.05) is 25.7 Å². The van der Waals surface area contributed by atoms with Crippen LogP contribution in [-0.4, -0.2) is 52.6 Å². The van der Waals surface area contributed by atoms with Crippen LogP contribution in [0.2, 0.25) is 0 Å². The van der Waals surface area contributed by atoms with Gasteiger partial charge in [0.2, 0.25) is 5.91 Å². The van der Waals surface area contributed by atoms with Crippen molar-refractivity contribution in [2.24, 2.45) is 5.92 Å². The molecule has 0 bridgehead atoms. The molecule has 2 aliphatic heterocycles. The van der Waals surface area contributed by atoms with Crippen molar-refractivity contribution in [1.29, 1.82) is 0 Å². The fourth-order valence-electron chi connectivity index (χ4n) is 5.13. The Balaban J connectivity index is 1.49. The second-order valence-electron chi connectivity index (χ2n) is 8.94. The van der Waals surface area contributed by atoms with E-state index in [2.05, 4.69) is 18.7 Å². The highest BCUT2D eigenvalue weighted by atomic mass is 16.5. The molecule has 1 aromatic heterocycles. The molecule has 1 aromatic rings. The van der Waals surface area contributed by atoms with E-state index in [0.29, 0.717) is 18.9 Å². The lowest BCUT2D eigenvalue weighted by Gasteiger charge is -2.39. The Morgan fingerprint density at radius 2 is 1.86 bits per heavy atom. The maximum Gasteiger partial charge on any atom is 0.222 e. The monoisotopic (exact) mass is 386 g/mol. The van der Waals surface area contributed by atoms with E-state index in [0.717, 1.165) is 61.3 Å². The molecule has 1 aliphatic carbocycles. The molecule has 3 heterocycles. The van der Waals surface area contributed by atoms with E-state index in [4.69, 9.17) is 14.7 Å². The van der Waals surface area contributed by atoms with Crippen molar-refractivity contribution >= 4 is 11.7 Å². The fraction of sp³-hybridized carbons (Fsp3) is 0.773. The van der Waals surface area contributed by atoms with Crippen molar-refractivity contribution in [3.63, 3.8) is 0 Å². The molecule has 0 spiro atoms. The molecular formula is C22H34N4O2. The van der Waals surface area contributed by atoms with E-state index in [-0.39, 0.29) is 12.2 Å². The Bertz CT molecular complexity index is 707. The first-order valence-corrected chi connectivity index (χ1v) is 11.0. The van der Waals surface area contributed by atoms with E-state index in [1.54, 1.807) is 0 Å². The lowest BCUT2D eigenvalue weighted by atomic mass is 10.00. The molecule has 4 rings (SSSR count). The number of amides is 1. The van der Waals surface area contributed by atoms with Crippen LogP contribution in [0.25, 0.3) is 0 Å². The summed E-state index contributed by atoms with van der Waals surface area (Å²) in [4.78, 5) is 26.7. The maximum atomic E-state index is 12.9. The average molecular weight is 387 g/mol. The summed E-state index contributed by atoms with van der Waals surface area (Å²) < 4.78 is 5.90. The standard InChI is InChI=1S/C22H34N4O2/c1-15-12-26(13-16(2)28-15)22-19-14-25(11-10-20(19)23-17(3)24-22)21(27)9-8-18-6-4-5-7-18/h15-16,18H,4-14H2,1-3H3.